The fraction of sp³-hybridized carbons (Fsp3) is 0.429. The Hall–Kier alpha value is -2.95. The van der Waals surface area contributed by atoms with Crippen LogP contribution in [0.5, 0.6) is 0 Å². The maximum atomic E-state index is 12.6. The average Bonchev–Trinajstić information content (AvgIpc) is 3.12. The summed E-state index contributed by atoms with van der Waals surface area (Å²) in [4.78, 5) is 43.7. The van der Waals surface area contributed by atoms with Gasteiger partial charge in [0.15, 0.2) is 11.2 Å². The second-order valence-corrected chi connectivity index (χ2v) is 8.20. The van der Waals surface area contributed by atoms with E-state index in [9.17, 15) is 14.4 Å². The van der Waals surface area contributed by atoms with Gasteiger partial charge in [-0.3, -0.25) is 28.2 Å². The highest BCUT2D eigenvalue weighted by Crippen LogP contribution is 2.15. The number of hydrogen-bond acceptors (Lipinski definition) is 6. The summed E-state index contributed by atoms with van der Waals surface area (Å²) in [5.41, 5.74) is 0.417. The van der Waals surface area contributed by atoms with E-state index in [1.807, 2.05) is 18.2 Å². The van der Waals surface area contributed by atoms with Crippen molar-refractivity contribution < 1.29 is 9.53 Å². The summed E-state index contributed by atoms with van der Waals surface area (Å²) >= 11 is 6.18. The maximum absolute atomic E-state index is 12.6. The first-order chi connectivity index (χ1) is 15.3. The zero-order valence-electron chi connectivity index (χ0n) is 18.0. The van der Waals surface area contributed by atoms with Crippen LogP contribution >= 0.6 is 11.6 Å². The lowest BCUT2D eigenvalue weighted by Gasteiger charge is -2.33. The lowest BCUT2D eigenvalue weighted by atomic mass is 10.2. The Morgan fingerprint density at radius 1 is 1.22 bits per heavy atom. The van der Waals surface area contributed by atoms with Crippen molar-refractivity contribution in [3.8, 4) is 0 Å². The number of morpholine rings is 1. The number of amides is 1. The van der Waals surface area contributed by atoms with E-state index in [4.69, 9.17) is 16.3 Å². The largest absolute Gasteiger partial charge is 0.374 e. The van der Waals surface area contributed by atoms with Crippen LogP contribution in [-0.4, -0.2) is 61.8 Å². The first-order valence-corrected chi connectivity index (χ1v) is 10.7. The fourth-order valence-electron chi connectivity index (χ4n) is 3.88. The number of halogens is 1. The van der Waals surface area contributed by atoms with Crippen LogP contribution in [0.2, 0.25) is 5.28 Å². The molecule has 1 saturated heterocycles. The monoisotopic (exact) mass is 460 g/mol. The highest BCUT2D eigenvalue weighted by Gasteiger charge is 2.23. The quantitative estimate of drug-likeness (QED) is 0.523. The molecule has 11 heteroatoms. The standard InChI is InChI=1S/C21H25ClN6O4/c1-25-18-17(19(30)26(2)21(25)31)28(20(22)24-18)13-16(29)23-10-15-12-27(8-9-32-15)11-14-6-4-3-5-7-14/h3-7,15H,8-13H2,1-2H3,(H,23,29)/t15-/m1/s1. The molecule has 1 amide bonds. The van der Waals surface area contributed by atoms with Crippen molar-refractivity contribution in [2.45, 2.75) is 19.2 Å². The highest BCUT2D eigenvalue weighted by atomic mass is 35.5. The van der Waals surface area contributed by atoms with Gasteiger partial charge in [-0.25, -0.2) is 4.79 Å². The molecule has 2 aromatic heterocycles. The van der Waals surface area contributed by atoms with Crippen LogP contribution in [0.3, 0.4) is 0 Å². The minimum Gasteiger partial charge on any atom is -0.374 e. The summed E-state index contributed by atoms with van der Waals surface area (Å²) in [6, 6.07) is 10.2. The van der Waals surface area contributed by atoms with Gasteiger partial charge in [-0.2, -0.15) is 4.98 Å². The van der Waals surface area contributed by atoms with Crippen LogP contribution in [0.4, 0.5) is 0 Å². The van der Waals surface area contributed by atoms with Crippen molar-refractivity contribution in [2.75, 3.05) is 26.2 Å². The molecule has 0 unspecified atom stereocenters. The number of benzene rings is 1. The van der Waals surface area contributed by atoms with E-state index >= 15 is 0 Å². The van der Waals surface area contributed by atoms with Gasteiger partial charge in [0.2, 0.25) is 11.2 Å². The number of rotatable bonds is 6. The number of imidazole rings is 1. The Morgan fingerprint density at radius 3 is 2.72 bits per heavy atom. The van der Waals surface area contributed by atoms with E-state index < -0.39 is 11.2 Å². The number of hydrogen-bond donors (Lipinski definition) is 1. The summed E-state index contributed by atoms with van der Waals surface area (Å²) in [6.45, 7) is 3.10. The van der Waals surface area contributed by atoms with Crippen molar-refractivity contribution in [1.82, 2.24) is 28.9 Å². The molecule has 1 aromatic carbocycles. The lowest BCUT2D eigenvalue weighted by Crippen LogP contribution is -2.47. The first-order valence-electron chi connectivity index (χ1n) is 10.3. The summed E-state index contributed by atoms with van der Waals surface area (Å²) in [5.74, 6) is -0.328. The first kappa shape index (κ1) is 22.3. The van der Waals surface area contributed by atoms with Crippen LogP contribution in [0.15, 0.2) is 39.9 Å². The molecule has 1 atom stereocenters. The lowest BCUT2D eigenvalue weighted by molar-refractivity contribution is -0.122. The van der Waals surface area contributed by atoms with Gasteiger partial charge in [0.1, 0.15) is 6.54 Å². The molecule has 1 aliphatic rings. The van der Waals surface area contributed by atoms with Crippen LogP contribution in [0.1, 0.15) is 5.56 Å². The van der Waals surface area contributed by atoms with Gasteiger partial charge < -0.3 is 10.1 Å². The minimum absolute atomic E-state index is 0.0311. The molecule has 4 rings (SSSR count). The predicted molar refractivity (Wildman–Crippen MR) is 120 cm³/mol. The summed E-state index contributed by atoms with van der Waals surface area (Å²) in [7, 11) is 2.87. The van der Waals surface area contributed by atoms with Gasteiger partial charge in [-0.15, -0.1) is 0 Å². The molecule has 0 bridgehead atoms. The number of carbonyl (C=O) groups is 1. The van der Waals surface area contributed by atoms with Crippen LogP contribution < -0.4 is 16.6 Å². The maximum Gasteiger partial charge on any atom is 0.332 e. The zero-order valence-corrected chi connectivity index (χ0v) is 18.7. The Labute approximate surface area is 189 Å². The van der Waals surface area contributed by atoms with E-state index in [1.54, 1.807) is 0 Å². The molecule has 0 spiro atoms. The van der Waals surface area contributed by atoms with Crippen molar-refractivity contribution >= 4 is 28.7 Å². The molecule has 3 aromatic rings. The minimum atomic E-state index is -0.553. The highest BCUT2D eigenvalue weighted by molar-refractivity contribution is 6.29. The number of fused-ring (bicyclic) bond motifs is 1. The number of carbonyl (C=O) groups excluding carboxylic acids is 1. The van der Waals surface area contributed by atoms with Gasteiger partial charge in [0.25, 0.3) is 5.56 Å². The Kier molecular flexibility index (Phi) is 6.45. The zero-order chi connectivity index (χ0) is 22.8. The van der Waals surface area contributed by atoms with Crippen molar-refractivity contribution in [2.24, 2.45) is 14.1 Å². The molecule has 1 aliphatic heterocycles. The number of aromatic nitrogens is 4. The van der Waals surface area contributed by atoms with Crippen LogP contribution in [0.25, 0.3) is 11.2 Å². The Bertz CT molecular complexity index is 1250. The molecule has 1 fully saturated rings. The topological polar surface area (TPSA) is 103 Å². The van der Waals surface area contributed by atoms with E-state index in [0.717, 1.165) is 17.7 Å². The van der Waals surface area contributed by atoms with Crippen molar-refractivity contribution in [3.05, 3.63) is 62.0 Å². The number of aryl methyl sites for hydroxylation is 1. The third-order valence-electron chi connectivity index (χ3n) is 5.60. The molecule has 0 aliphatic carbocycles. The Balaban J connectivity index is 1.40. The second kappa shape index (κ2) is 9.27. The fourth-order valence-corrected chi connectivity index (χ4v) is 4.10. The average molecular weight is 461 g/mol. The number of nitrogens with zero attached hydrogens (tertiary/aromatic N) is 5. The molecule has 0 radical (unpaired) electrons. The van der Waals surface area contributed by atoms with E-state index in [2.05, 4.69) is 27.3 Å². The van der Waals surface area contributed by atoms with Gasteiger partial charge >= 0.3 is 5.69 Å². The number of ether oxygens (including phenoxy) is 1. The van der Waals surface area contributed by atoms with E-state index in [1.165, 1.54) is 28.8 Å². The molecule has 170 valence electrons. The summed E-state index contributed by atoms with van der Waals surface area (Å²) < 4.78 is 9.31. The molecule has 32 heavy (non-hydrogen) atoms. The molecular weight excluding hydrogens is 436 g/mol. The van der Waals surface area contributed by atoms with Gasteiger partial charge in [-0.1, -0.05) is 30.3 Å². The van der Waals surface area contributed by atoms with Gasteiger partial charge in [0.05, 0.1) is 12.7 Å². The molecule has 1 N–H and O–H groups in total. The SMILES string of the molecule is Cn1c(=O)c2c(nc(Cl)n2CC(=O)NC[C@@H]2CN(Cc3ccccc3)CCO2)n(C)c1=O. The second-order valence-electron chi connectivity index (χ2n) is 7.86. The molecule has 0 saturated carbocycles. The Morgan fingerprint density at radius 2 is 1.97 bits per heavy atom. The molecular formula is C21H25ClN6O4. The normalized spacial score (nSPS) is 17.0. The molecule has 10 nitrogen and oxygen atoms in total. The van der Waals surface area contributed by atoms with E-state index in [0.29, 0.717) is 19.7 Å². The number of nitrogens with one attached hydrogen (secondary N) is 1. The van der Waals surface area contributed by atoms with Gasteiger partial charge in [0, 0.05) is 40.3 Å². The van der Waals surface area contributed by atoms with Crippen molar-refractivity contribution in [1.29, 1.82) is 0 Å². The third kappa shape index (κ3) is 4.47. The summed E-state index contributed by atoms with van der Waals surface area (Å²) in [5, 5.41) is 2.82. The smallest absolute Gasteiger partial charge is 0.332 e. The summed E-state index contributed by atoms with van der Waals surface area (Å²) in [6.07, 6.45) is -0.139. The van der Waals surface area contributed by atoms with Crippen LogP contribution in [-0.2, 0) is 36.7 Å². The molecule has 3 heterocycles. The van der Waals surface area contributed by atoms with Crippen molar-refractivity contribution in [3.63, 3.8) is 0 Å². The van der Waals surface area contributed by atoms with Gasteiger partial charge in [-0.05, 0) is 17.2 Å². The predicted octanol–water partition coefficient (Wildman–Crippen LogP) is 0.104. The third-order valence-corrected chi connectivity index (χ3v) is 5.89. The van der Waals surface area contributed by atoms with E-state index in [-0.39, 0.29) is 35.0 Å². The van der Waals surface area contributed by atoms with Crippen LogP contribution in [0, 0.1) is 0 Å².